The normalized spacial score (nSPS) is 18.3. The summed E-state index contributed by atoms with van der Waals surface area (Å²) in [4.78, 5) is 39.3. The monoisotopic (exact) mass is 372 g/mol. The van der Waals surface area contributed by atoms with Crippen LogP contribution in [-0.4, -0.2) is 26.2 Å². The number of nitrogens with zero attached hydrogens (tertiary/aromatic N) is 4. The fourth-order valence-electron chi connectivity index (χ4n) is 2.46. The van der Waals surface area contributed by atoms with Crippen molar-refractivity contribution in [3.63, 3.8) is 0 Å². The number of amidine groups is 1. The van der Waals surface area contributed by atoms with Gasteiger partial charge < -0.3 is 0 Å². The molecule has 9 nitrogen and oxygen atoms in total. The van der Waals surface area contributed by atoms with Gasteiger partial charge in [0, 0.05) is 12.1 Å². The van der Waals surface area contributed by atoms with Crippen LogP contribution in [0.5, 0.6) is 0 Å². The summed E-state index contributed by atoms with van der Waals surface area (Å²) in [5.41, 5.74) is -0.303. The molecule has 1 aliphatic rings. The van der Waals surface area contributed by atoms with E-state index in [4.69, 9.17) is 0 Å². The van der Waals surface area contributed by atoms with Crippen molar-refractivity contribution in [2.75, 3.05) is 4.90 Å². The molecular weight excluding hydrogens is 360 g/mol. The third kappa shape index (κ3) is 3.14. The number of carbonyl (C=O) groups is 1. The molecular formula is C16H12N4O5S. The average molecular weight is 372 g/mol. The van der Waals surface area contributed by atoms with Crippen LogP contribution in [0.2, 0.25) is 0 Å². The Morgan fingerprint density at radius 1 is 1.00 bits per heavy atom. The van der Waals surface area contributed by atoms with Crippen LogP contribution in [0.15, 0.2) is 53.5 Å². The lowest BCUT2D eigenvalue weighted by atomic mass is 10.2. The minimum Gasteiger partial charge on any atom is -0.273 e. The lowest BCUT2D eigenvalue weighted by Crippen LogP contribution is -2.31. The Morgan fingerprint density at radius 3 is 2.23 bits per heavy atom. The highest BCUT2D eigenvalue weighted by Gasteiger charge is 2.39. The quantitative estimate of drug-likeness (QED) is 0.597. The molecule has 1 atom stereocenters. The highest BCUT2D eigenvalue weighted by Crippen LogP contribution is 2.38. The number of nitro groups is 2. The molecule has 1 aliphatic heterocycles. The van der Waals surface area contributed by atoms with Gasteiger partial charge in [-0.1, -0.05) is 36.0 Å². The number of thioether (sulfide) groups is 1. The van der Waals surface area contributed by atoms with Crippen molar-refractivity contribution in [3.05, 3.63) is 68.8 Å². The minimum absolute atomic E-state index is 0.0745. The Balaban J connectivity index is 2.15. The van der Waals surface area contributed by atoms with Gasteiger partial charge in [-0.25, -0.2) is 4.99 Å². The van der Waals surface area contributed by atoms with Gasteiger partial charge in [-0.3, -0.25) is 29.9 Å². The molecule has 0 aromatic heterocycles. The van der Waals surface area contributed by atoms with Crippen molar-refractivity contribution >= 4 is 45.6 Å². The first-order chi connectivity index (χ1) is 12.4. The summed E-state index contributed by atoms with van der Waals surface area (Å²) in [7, 11) is 0. The Hall–Kier alpha value is -3.27. The maximum atomic E-state index is 12.6. The number of para-hydroxylation sites is 4. The van der Waals surface area contributed by atoms with Crippen LogP contribution in [-0.2, 0) is 4.79 Å². The second-order valence-electron chi connectivity index (χ2n) is 5.32. The van der Waals surface area contributed by atoms with Gasteiger partial charge in [-0.05, 0) is 19.1 Å². The van der Waals surface area contributed by atoms with Gasteiger partial charge in [-0.2, -0.15) is 0 Å². The highest BCUT2D eigenvalue weighted by atomic mass is 32.2. The van der Waals surface area contributed by atoms with Crippen molar-refractivity contribution < 1.29 is 14.6 Å². The molecule has 0 saturated carbocycles. The van der Waals surface area contributed by atoms with Gasteiger partial charge in [0.2, 0.25) is 5.91 Å². The molecule has 1 unspecified atom stereocenters. The van der Waals surface area contributed by atoms with E-state index >= 15 is 0 Å². The summed E-state index contributed by atoms with van der Waals surface area (Å²) in [5, 5.41) is 22.1. The number of amides is 1. The molecule has 26 heavy (non-hydrogen) atoms. The molecule has 2 aromatic carbocycles. The number of carbonyl (C=O) groups excluding carboxylic acids is 1. The second-order valence-corrected chi connectivity index (χ2v) is 6.63. The number of benzene rings is 2. The number of rotatable bonds is 4. The van der Waals surface area contributed by atoms with E-state index in [1.165, 1.54) is 36.4 Å². The maximum absolute atomic E-state index is 12.6. The second kappa shape index (κ2) is 6.92. The van der Waals surface area contributed by atoms with Crippen LogP contribution in [0.1, 0.15) is 6.92 Å². The molecule has 3 rings (SSSR count). The molecule has 0 bridgehead atoms. The molecule has 0 N–H and O–H groups in total. The topological polar surface area (TPSA) is 119 Å². The molecule has 132 valence electrons. The van der Waals surface area contributed by atoms with Crippen molar-refractivity contribution in [1.29, 1.82) is 0 Å². The van der Waals surface area contributed by atoms with Gasteiger partial charge >= 0.3 is 0 Å². The lowest BCUT2D eigenvalue weighted by molar-refractivity contribution is -0.384. The minimum atomic E-state index is -0.584. The summed E-state index contributed by atoms with van der Waals surface area (Å²) >= 11 is 1.09. The molecule has 0 spiro atoms. The number of anilines is 1. The Bertz CT molecular complexity index is 946. The lowest BCUT2D eigenvalue weighted by Gasteiger charge is -2.16. The molecule has 1 heterocycles. The average Bonchev–Trinajstić information content (AvgIpc) is 2.89. The summed E-state index contributed by atoms with van der Waals surface area (Å²) in [6.07, 6.45) is 0. The van der Waals surface area contributed by atoms with E-state index in [0.29, 0.717) is 0 Å². The zero-order valence-corrected chi connectivity index (χ0v) is 14.3. The molecule has 1 amide bonds. The smallest absolute Gasteiger partial charge is 0.273 e. The van der Waals surface area contributed by atoms with Crippen molar-refractivity contribution in [2.45, 2.75) is 12.2 Å². The first-order valence-corrected chi connectivity index (χ1v) is 8.34. The zero-order chi connectivity index (χ0) is 18.8. The maximum Gasteiger partial charge on any atom is 0.294 e. The van der Waals surface area contributed by atoms with Crippen LogP contribution in [0.3, 0.4) is 0 Å². The van der Waals surface area contributed by atoms with E-state index < -0.39 is 15.1 Å². The van der Waals surface area contributed by atoms with E-state index in [1.807, 2.05) is 0 Å². The van der Waals surface area contributed by atoms with Crippen LogP contribution in [0.25, 0.3) is 0 Å². The fourth-order valence-corrected chi connectivity index (χ4v) is 3.43. The number of hydrogen-bond acceptors (Lipinski definition) is 7. The third-order valence-electron chi connectivity index (χ3n) is 3.66. The summed E-state index contributed by atoms with van der Waals surface area (Å²) in [6.45, 7) is 1.65. The first-order valence-electron chi connectivity index (χ1n) is 7.46. The number of hydrogen-bond donors (Lipinski definition) is 0. The van der Waals surface area contributed by atoms with E-state index in [1.54, 1.807) is 19.1 Å². The van der Waals surface area contributed by atoms with Crippen LogP contribution < -0.4 is 4.90 Å². The van der Waals surface area contributed by atoms with Crippen molar-refractivity contribution in [3.8, 4) is 0 Å². The first kappa shape index (κ1) is 17.5. The van der Waals surface area contributed by atoms with E-state index in [9.17, 15) is 25.0 Å². The van der Waals surface area contributed by atoms with Gasteiger partial charge in [0.25, 0.3) is 11.4 Å². The number of nitro benzene ring substituents is 2. The van der Waals surface area contributed by atoms with Crippen LogP contribution in [0, 0.1) is 20.2 Å². The Morgan fingerprint density at radius 2 is 1.58 bits per heavy atom. The third-order valence-corrected chi connectivity index (χ3v) is 4.70. The van der Waals surface area contributed by atoms with Gasteiger partial charge in [0.05, 0.1) is 15.1 Å². The molecule has 1 fully saturated rings. The summed E-state index contributed by atoms with van der Waals surface area (Å²) in [6, 6.07) is 11.7. The van der Waals surface area contributed by atoms with Crippen molar-refractivity contribution in [1.82, 2.24) is 0 Å². The van der Waals surface area contributed by atoms with E-state index in [0.717, 1.165) is 16.7 Å². The standard InChI is InChI=1S/C16H12N4O5S/c1-10-15(21)18(13-8-4-5-9-14(13)20(24)25)16(26-10)17-11-6-2-3-7-12(11)19(22)23/h2-10H,1H3. The number of aliphatic imine (C=N–C) groups is 1. The van der Waals surface area contributed by atoms with Crippen LogP contribution >= 0.6 is 11.8 Å². The Labute approximate surface area is 151 Å². The van der Waals surface area contributed by atoms with Crippen molar-refractivity contribution in [2.24, 2.45) is 4.99 Å². The molecule has 10 heteroatoms. The largest absolute Gasteiger partial charge is 0.294 e. The van der Waals surface area contributed by atoms with E-state index in [-0.39, 0.29) is 33.8 Å². The van der Waals surface area contributed by atoms with Gasteiger partial charge in [0.15, 0.2) is 5.17 Å². The Kier molecular flexibility index (Phi) is 4.67. The van der Waals surface area contributed by atoms with Crippen LogP contribution in [0.4, 0.5) is 22.7 Å². The van der Waals surface area contributed by atoms with Gasteiger partial charge in [-0.15, -0.1) is 0 Å². The predicted molar refractivity (Wildman–Crippen MR) is 97.8 cm³/mol. The molecule has 0 radical (unpaired) electrons. The fraction of sp³-hybridized carbons (Fsp3) is 0.125. The summed E-state index contributed by atoms with van der Waals surface area (Å²) < 4.78 is 0. The molecule has 2 aromatic rings. The van der Waals surface area contributed by atoms with E-state index in [2.05, 4.69) is 4.99 Å². The summed E-state index contributed by atoms with van der Waals surface area (Å²) in [5.74, 6) is -0.373. The zero-order valence-electron chi connectivity index (χ0n) is 13.4. The molecule has 0 aliphatic carbocycles. The highest BCUT2D eigenvalue weighted by molar-refractivity contribution is 8.16. The van der Waals surface area contributed by atoms with Gasteiger partial charge in [0.1, 0.15) is 11.4 Å². The molecule has 1 saturated heterocycles. The SMILES string of the molecule is CC1SC(=Nc2ccccc2[N+](=O)[O-])N(c2ccccc2[N+](=O)[O-])C1=O. The predicted octanol–water partition coefficient (Wildman–Crippen LogP) is 3.66.